The summed E-state index contributed by atoms with van der Waals surface area (Å²) < 4.78 is 11.1. The maximum atomic E-state index is 5.53. The Balaban J connectivity index is 1.37. The maximum absolute atomic E-state index is 5.53. The first-order valence-corrected chi connectivity index (χ1v) is 21.0. The number of aryl methyl sites for hydroxylation is 2. The number of hydrogen-bond donors (Lipinski definition) is 0. The van der Waals surface area contributed by atoms with Crippen molar-refractivity contribution in [1.82, 2.24) is 4.90 Å². The van der Waals surface area contributed by atoms with Gasteiger partial charge in [-0.15, -0.1) is 0 Å². The molecule has 2 heterocycles. The first-order chi connectivity index (χ1) is 27.5. The summed E-state index contributed by atoms with van der Waals surface area (Å²) in [5, 5.41) is 0. The van der Waals surface area contributed by atoms with E-state index in [1.54, 1.807) is 7.11 Å². The van der Waals surface area contributed by atoms with Gasteiger partial charge in [0.05, 0.1) is 5.70 Å². The Labute approximate surface area is 343 Å². The lowest BCUT2D eigenvalue weighted by Gasteiger charge is -2.47. The lowest BCUT2D eigenvalue weighted by atomic mass is 9.71. The van der Waals surface area contributed by atoms with Crippen molar-refractivity contribution < 1.29 is 9.47 Å². The van der Waals surface area contributed by atoms with E-state index in [-0.39, 0.29) is 16.9 Å². The van der Waals surface area contributed by atoms with Crippen LogP contribution in [0.1, 0.15) is 81.2 Å². The van der Waals surface area contributed by atoms with Gasteiger partial charge in [0.15, 0.2) is 0 Å². The molecule has 2 aliphatic heterocycles. The summed E-state index contributed by atoms with van der Waals surface area (Å²) in [7, 11) is 3.61. The molecule has 4 aromatic carbocycles. The third-order valence-electron chi connectivity index (χ3n) is 12.5. The van der Waals surface area contributed by atoms with Crippen molar-refractivity contribution in [1.29, 1.82) is 0 Å². The number of anilines is 3. The quantitative estimate of drug-likeness (QED) is 0.119. The molecule has 57 heavy (non-hydrogen) atoms. The van der Waals surface area contributed by atoms with Crippen LogP contribution in [0.25, 0.3) is 0 Å². The molecule has 0 saturated heterocycles. The maximum Gasteiger partial charge on any atom is 0.0525 e. The van der Waals surface area contributed by atoms with Crippen molar-refractivity contribution in [3.8, 4) is 0 Å². The third kappa shape index (κ3) is 8.34. The molecular formula is C52H63N3O2. The first kappa shape index (κ1) is 40.5. The SMILES string of the molecule is COCCCN1/C(=C/C=C2\CCC(/C=C/C3N(CCCOC)Cc4ccc(C)cc4C3(C)C)=C2N(c2ccccc2)c2ccccc2)C(C)(C)c2cc(C)ccc21. The van der Waals surface area contributed by atoms with Gasteiger partial charge in [-0.05, 0) is 104 Å². The van der Waals surface area contributed by atoms with Crippen LogP contribution in [0.4, 0.5) is 17.1 Å². The van der Waals surface area contributed by atoms with Crippen LogP contribution in [0, 0.1) is 13.8 Å². The van der Waals surface area contributed by atoms with Gasteiger partial charge in [0.25, 0.3) is 0 Å². The van der Waals surface area contributed by atoms with E-state index in [0.29, 0.717) is 0 Å². The Morgan fingerprint density at radius 3 is 1.98 bits per heavy atom. The Kier molecular flexibility index (Phi) is 12.4. The molecule has 1 atom stereocenters. The van der Waals surface area contributed by atoms with Crippen molar-refractivity contribution in [2.45, 2.75) is 90.6 Å². The van der Waals surface area contributed by atoms with Gasteiger partial charge in [-0.25, -0.2) is 0 Å². The van der Waals surface area contributed by atoms with Crippen LogP contribution in [-0.4, -0.2) is 51.5 Å². The summed E-state index contributed by atoms with van der Waals surface area (Å²) in [6.07, 6.45) is 13.8. The van der Waals surface area contributed by atoms with Gasteiger partial charge in [0.2, 0.25) is 0 Å². The molecule has 0 saturated carbocycles. The zero-order valence-corrected chi connectivity index (χ0v) is 35.6. The van der Waals surface area contributed by atoms with Gasteiger partial charge < -0.3 is 19.3 Å². The summed E-state index contributed by atoms with van der Waals surface area (Å²) >= 11 is 0. The predicted octanol–water partition coefficient (Wildman–Crippen LogP) is 11.9. The number of allylic oxidation sites excluding steroid dienone is 6. The number of ether oxygens (including phenoxy) is 2. The Bertz CT molecular complexity index is 2100. The normalized spacial score (nSPS) is 20.2. The summed E-state index contributed by atoms with van der Waals surface area (Å²) in [6, 6.07) is 36.0. The van der Waals surface area contributed by atoms with Gasteiger partial charge in [0.1, 0.15) is 0 Å². The molecule has 1 unspecified atom stereocenters. The van der Waals surface area contributed by atoms with Crippen molar-refractivity contribution in [2.75, 3.05) is 50.3 Å². The van der Waals surface area contributed by atoms with Crippen molar-refractivity contribution in [3.63, 3.8) is 0 Å². The smallest absolute Gasteiger partial charge is 0.0525 e. The Morgan fingerprint density at radius 1 is 0.719 bits per heavy atom. The summed E-state index contributed by atoms with van der Waals surface area (Å²) in [5.74, 6) is 0. The average molecular weight is 762 g/mol. The van der Waals surface area contributed by atoms with E-state index in [9.17, 15) is 0 Å². The number of hydrogen-bond acceptors (Lipinski definition) is 5. The highest BCUT2D eigenvalue weighted by Crippen LogP contribution is 2.49. The number of methoxy groups -OCH3 is 2. The zero-order chi connectivity index (χ0) is 40.2. The molecule has 0 N–H and O–H groups in total. The number of fused-ring (bicyclic) bond motifs is 2. The second-order valence-electron chi connectivity index (χ2n) is 17.3. The standard InChI is InChI=1S/C52H63N3O2/c1-38-21-23-42-37-53(31-15-33-56-7)48(51(3,4)45(42)35-38)29-26-40-24-25-41(50(40)55(43-17-11-9-12-18-43)44-19-13-10-14-20-44)27-30-49-52(5,6)46-36-39(2)22-28-47(46)54(49)32-16-34-57-8/h9-14,17-23,26-30,35-36,48H,15-16,24-25,31-34,37H2,1-8H3/b29-26+,41-27+,49-30+. The molecule has 7 rings (SSSR count). The van der Waals surface area contributed by atoms with E-state index >= 15 is 0 Å². The molecule has 0 fully saturated rings. The van der Waals surface area contributed by atoms with E-state index in [2.05, 4.69) is 178 Å². The zero-order valence-electron chi connectivity index (χ0n) is 35.6. The molecule has 4 aromatic rings. The van der Waals surface area contributed by atoms with Crippen LogP contribution in [0.3, 0.4) is 0 Å². The molecule has 0 bridgehead atoms. The molecule has 5 heteroatoms. The number of nitrogens with zero attached hydrogens (tertiary/aromatic N) is 3. The highest BCUT2D eigenvalue weighted by molar-refractivity contribution is 5.75. The fourth-order valence-corrected chi connectivity index (χ4v) is 9.52. The minimum atomic E-state index is -0.136. The van der Waals surface area contributed by atoms with Crippen molar-refractivity contribution in [2.24, 2.45) is 0 Å². The number of benzene rings is 4. The highest BCUT2D eigenvalue weighted by atomic mass is 16.5. The minimum absolute atomic E-state index is 0.0716. The summed E-state index contributed by atoms with van der Waals surface area (Å²) in [6.45, 7) is 18.4. The molecular weight excluding hydrogens is 699 g/mol. The van der Waals surface area contributed by atoms with Crippen LogP contribution in [0.2, 0.25) is 0 Å². The van der Waals surface area contributed by atoms with Crippen LogP contribution in [-0.2, 0) is 26.8 Å². The van der Waals surface area contributed by atoms with Gasteiger partial charge in [-0.1, -0.05) is 124 Å². The fraction of sp³-hybridized carbons (Fsp3) is 0.385. The van der Waals surface area contributed by atoms with Crippen LogP contribution < -0.4 is 9.80 Å². The second-order valence-corrected chi connectivity index (χ2v) is 17.3. The lowest BCUT2D eigenvalue weighted by Crippen LogP contribution is -2.50. The van der Waals surface area contributed by atoms with Crippen LogP contribution in [0.5, 0.6) is 0 Å². The van der Waals surface area contributed by atoms with E-state index < -0.39 is 0 Å². The molecule has 1 aliphatic carbocycles. The molecule has 5 nitrogen and oxygen atoms in total. The predicted molar refractivity (Wildman–Crippen MR) is 240 cm³/mol. The van der Waals surface area contributed by atoms with E-state index in [1.165, 1.54) is 67.4 Å². The van der Waals surface area contributed by atoms with E-state index in [4.69, 9.17) is 9.47 Å². The van der Waals surface area contributed by atoms with E-state index in [0.717, 1.165) is 58.5 Å². The third-order valence-corrected chi connectivity index (χ3v) is 12.5. The molecule has 0 aromatic heterocycles. The molecule has 3 aliphatic rings. The molecule has 0 spiro atoms. The van der Waals surface area contributed by atoms with Gasteiger partial charge in [-0.3, -0.25) is 4.90 Å². The van der Waals surface area contributed by atoms with E-state index in [1.807, 2.05) is 7.11 Å². The lowest BCUT2D eigenvalue weighted by molar-refractivity contribution is 0.117. The summed E-state index contributed by atoms with van der Waals surface area (Å²) in [5.41, 5.74) is 15.7. The first-order valence-electron chi connectivity index (χ1n) is 21.0. The van der Waals surface area contributed by atoms with Crippen LogP contribution in [0.15, 0.2) is 144 Å². The average Bonchev–Trinajstić information content (AvgIpc) is 3.68. The fourth-order valence-electron chi connectivity index (χ4n) is 9.52. The topological polar surface area (TPSA) is 28.2 Å². The van der Waals surface area contributed by atoms with Gasteiger partial charge in [0, 0.05) is 86.7 Å². The molecule has 0 radical (unpaired) electrons. The molecule has 0 amide bonds. The highest BCUT2D eigenvalue weighted by Gasteiger charge is 2.41. The van der Waals surface area contributed by atoms with Crippen LogP contribution >= 0.6 is 0 Å². The largest absolute Gasteiger partial charge is 0.385 e. The number of rotatable bonds is 14. The Morgan fingerprint density at radius 2 is 1.33 bits per heavy atom. The molecule has 298 valence electrons. The van der Waals surface area contributed by atoms with Crippen molar-refractivity contribution >= 4 is 17.1 Å². The monoisotopic (exact) mass is 761 g/mol. The second kappa shape index (κ2) is 17.4. The van der Waals surface area contributed by atoms with Gasteiger partial charge >= 0.3 is 0 Å². The number of para-hydroxylation sites is 2. The minimum Gasteiger partial charge on any atom is -0.385 e. The van der Waals surface area contributed by atoms with Crippen molar-refractivity contribution in [3.05, 3.63) is 172 Å². The summed E-state index contributed by atoms with van der Waals surface area (Å²) in [4.78, 5) is 7.71. The van der Waals surface area contributed by atoms with Gasteiger partial charge in [-0.2, -0.15) is 0 Å². The Hall–Kier alpha value is -4.68.